The zero-order chi connectivity index (χ0) is 14.7. The number of benzene rings is 1. The Morgan fingerprint density at radius 2 is 2.10 bits per heavy atom. The molecule has 1 N–H and O–H groups in total. The van der Waals surface area contributed by atoms with Gasteiger partial charge >= 0.3 is 0 Å². The second kappa shape index (κ2) is 5.74. The number of rotatable bonds is 5. The number of nitrogens with zero attached hydrogens (tertiary/aromatic N) is 2. The zero-order valence-electron chi connectivity index (χ0n) is 11.6. The molecule has 0 fully saturated rings. The Morgan fingerprint density at radius 1 is 1.35 bits per heavy atom. The number of nitriles is 1. The molecule has 5 nitrogen and oxygen atoms in total. The van der Waals surface area contributed by atoms with Gasteiger partial charge in [0.15, 0.2) is 0 Å². The van der Waals surface area contributed by atoms with Gasteiger partial charge in [0, 0.05) is 18.8 Å². The lowest BCUT2D eigenvalue weighted by Crippen LogP contribution is -2.28. The van der Waals surface area contributed by atoms with E-state index in [2.05, 4.69) is 30.1 Å². The molecule has 0 radical (unpaired) electrons. The molecule has 1 amide bonds. The van der Waals surface area contributed by atoms with Crippen LogP contribution in [-0.2, 0) is 4.79 Å². The van der Waals surface area contributed by atoms with Gasteiger partial charge in [-0.15, -0.1) is 0 Å². The topological polar surface area (TPSA) is 73.2 Å². The first kappa shape index (κ1) is 14.1. The highest BCUT2D eigenvalue weighted by molar-refractivity contribution is 6.51. The minimum Gasteiger partial charge on any atom is -0.370 e. The summed E-state index contributed by atoms with van der Waals surface area (Å²) in [5, 5.41) is 11.3. The smallest absolute Gasteiger partial charge is 0.296 e. The van der Waals surface area contributed by atoms with E-state index in [0.29, 0.717) is 30.1 Å². The first-order chi connectivity index (χ1) is 9.52. The van der Waals surface area contributed by atoms with Gasteiger partial charge in [0.1, 0.15) is 0 Å². The van der Waals surface area contributed by atoms with E-state index in [4.69, 9.17) is 5.26 Å². The summed E-state index contributed by atoms with van der Waals surface area (Å²) in [6, 6.07) is 7.45. The van der Waals surface area contributed by atoms with Crippen molar-refractivity contribution >= 4 is 23.1 Å². The van der Waals surface area contributed by atoms with E-state index in [1.807, 2.05) is 6.07 Å². The van der Waals surface area contributed by atoms with Crippen molar-refractivity contribution in [3.63, 3.8) is 0 Å². The third-order valence-electron chi connectivity index (χ3n) is 3.15. The van der Waals surface area contributed by atoms with Gasteiger partial charge in [-0.2, -0.15) is 5.26 Å². The number of carbonyl (C=O) groups is 2. The van der Waals surface area contributed by atoms with E-state index in [0.717, 1.165) is 12.2 Å². The monoisotopic (exact) mass is 271 g/mol. The molecule has 20 heavy (non-hydrogen) atoms. The maximum atomic E-state index is 11.6. The van der Waals surface area contributed by atoms with Crippen molar-refractivity contribution in [3.8, 4) is 6.07 Å². The molecule has 0 spiro atoms. The van der Waals surface area contributed by atoms with E-state index in [1.165, 1.54) is 0 Å². The molecule has 2 rings (SSSR count). The van der Waals surface area contributed by atoms with Crippen LogP contribution in [-0.4, -0.2) is 24.8 Å². The Hall–Kier alpha value is -2.35. The van der Waals surface area contributed by atoms with Crippen molar-refractivity contribution < 1.29 is 9.59 Å². The predicted octanol–water partition coefficient (Wildman–Crippen LogP) is 2.20. The fraction of sp³-hybridized carbons (Fsp3) is 0.400. The molecule has 1 aliphatic heterocycles. The normalized spacial score (nSPS) is 13.1. The van der Waals surface area contributed by atoms with Gasteiger partial charge in [-0.05, 0) is 24.1 Å². The van der Waals surface area contributed by atoms with Gasteiger partial charge in [-0.25, -0.2) is 0 Å². The lowest BCUT2D eigenvalue weighted by atomic mass is 10.1. The second-order valence-corrected chi connectivity index (χ2v) is 5.26. The molecule has 1 heterocycles. The average Bonchev–Trinajstić information content (AvgIpc) is 2.69. The summed E-state index contributed by atoms with van der Waals surface area (Å²) in [4.78, 5) is 25.0. The number of ketones is 1. The van der Waals surface area contributed by atoms with Crippen molar-refractivity contribution in [3.05, 3.63) is 23.8 Å². The van der Waals surface area contributed by atoms with E-state index in [-0.39, 0.29) is 0 Å². The quantitative estimate of drug-likeness (QED) is 0.833. The Balaban J connectivity index is 2.27. The maximum Gasteiger partial charge on any atom is 0.296 e. The SMILES string of the molecule is CC(C)CN(CCC#N)c1ccc2c(c1)NC(=O)C2=O. The molecule has 0 atom stereocenters. The van der Waals surface area contributed by atoms with Crippen LogP contribution in [0.2, 0.25) is 0 Å². The van der Waals surface area contributed by atoms with Crippen molar-refractivity contribution in [1.29, 1.82) is 5.26 Å². The second-order valence-electron chi connectivity index (χ2n) is 5.26. The molecule has 0 bridgehead atoms. The number of carbonyl (C=O) groups excluding carboxylic acids is 2. The van der Waals surface area contributed by atoms with Crippen LogP contribution in [0.1, 0.15) is 30.6 Å². The largest absolute Gasteiger partial charge is 0.370 e. The highest BCUT2D eigenvalue weighted by Gasteiger charge is 2.28. The van der Waals surface area contributed by atoms with Crippen molar-refractivity contribution in [2.24, 2.45) is 5.92 Å². The maximum absolute atomic E-state index is 11.6. The van der Waals surface area contributed by atoms with Crippen molar-refractivity contribution in [2.75, 3.05) is 23.3 Å². The highest BCUT2D eigenvalue weighted by Crippen LogP contribution is 2.28. The van der Waals surface area contributed by atoms with E-state index < -0.39 is 11.7 Å². The number of hydrogen-bond acceptors (Lipinski definition) is 4. The van der Waals surface area contributed by atoms with Crippen molar-refractivity contribution in [2.45, 2.75) is 20.3 Å². The molecule has 0 unspecified atom stereocenters. The van der Waals surface area contributed by atoms with Crippen molar-refractivity contribution in [1.82, 2.24) is 0 Å². The number of amides is 1. The third-order valence-corrected chi connectivity index (χ3v) is 3.15. The molecule has 1 aromatic carbocycles. The summed E-state index contributed by atoms with van der Waals surface area (Å²) in [6.45, 7) is 5.67. The van der Waals surface area contributed by atoms with E-state index in [1.54, 1.807) is 12.1 Å². The Kier molecular flexibility index (Phi) is 4.04. The van der Waals surface area contributed by atoms with Crippen LogP contribution in [0, 0.1) is 17.2 Å². The molecule has 0 aromatic heterocycles. The molecular weight excluding hydrogens is 254 g/mol. The number of hydrogen-bond donors (Lipinski definition) is 1. The van der Waals surface area contributed by atoms with Crippen LogP contribution in [0.4, 0.5) is 11.4 Å². The van der Waals surface area contributed by atoms with Gasteiger partial charge in [-0.1, -0.05) is 13.8 Å². The molecule has 1 aromatic rings. The lowest BCUT2D eigenvalue weighted by Gasteiger charge is -2.26. The standard InChI is InChI=1S/C15H17N3O2/c1-10(2)9-18(7-3-6-16)11-4-5-12-13(8-11)17-15(20)14(12)19/h4-5,8,10H,3,7,9H2,1-2H3,(H,17,19,20). The van der Waals surface area contributed by atoms with Crippen LogP contribution >= 0.6 is 0 Å². The van der Waals surface area contributed by atoms with Crippen LogP contribution in [0.15, 0.2) is 18.2 Å². The summed E-state index contributed by atoms with van der Waals surface area (Å²) < 4.78 is 0. The average molecular weight is 271 g/mol. The van der Waals surface area contributed by atoms with E-state index in [9.17, 15) is 9.59 Å². The molecule has 0 aliphatic carbocycles. The molecule has 5 heteroatoms. The molecule has 0 saturated carbocycles. The molecule has 0 saturated heterocycles. The van der Waals surface area contributed by atoms with Gasteiger partial charge in [0.25, 0.3) is 11.7 Å². The predicted molar refractivity (Wildman–Crippen MR) is 76.7 cm³/mol. The Bertz CT molecular complexity index is 587. The van der Waals surface area contributed by atoms with Crippen LogP contribution in [0.25, 0.3) is 0 Å². The summed E-state index contributed by atoms with van der Waals surface area (Å²) >= 11 is 0. The van der Waals surface area contributed by atoms with Gasteiger partial charge in [0.05, 0.1) is 23.7 Å². The third kappa shape index (κ3) is 2.80. The molecular formula is C15H17N3O2. The number of nitrogens with one attached hydrogen (secondary N) is 1. The summed E-state index contributed by atoms with van der Waals surface area (Å²) in [7, 11) is 0. The first-order valence-electron chi connectivity index (χ1n) is 6.64. The first-order valence-corrected chi connectivity index (χ1v) is 6.64. The number of fused-ring (bicyclic) bond motifs is 1. The highest BCUT2D eigenvalue weighted by atomic mass is 16.2. The van der Waals surface area contributed by atoms with Gasteiger partial charge in [-0.3, -0.25) is 9.59 Å². The van der Waals surface area contributed by atoms with Crippen LogP contribution < -0.4 is 10.2 Å². The van der Waals surface area contributed by atoms with Gasteiger partial charge in [0.2, 0.25) is 0 Å². The Labute approximate surface area is 118 Å². The van der Waals surface area contributed by atoms with Crippen LogP contribution in [0.5, 0.6) is 0 Å². The minimum absolute atomic E-state index is 0.420. The fourth-order valence-corrected chi connectivity index (χ4v) is 2.28. The zero-order valence-corrected chi connectivity index (χ0v) is 11.6. The van der Waals surface area contributed by atoms with Crippen LogP contribution in [0.3, 0.4) is 0 Å². The van der Waals surface area contributed by atoms with E-state index >= 15 is 0 Å². The molecule has 1 aliphatic rings. The lowest BCUT2D eigenvalue weighted by molar-refractivity contribution is -0.112. The number of Topliss-reactive ketones (excluding diaryl/α,β-unsaturated/α-hetero) is 1. The fourth-order valence-electron chi connectivity index (χ4n) is 2.28. The summed E-state index contributed by atoms with van der Waals surface area (Å²) in [6.07, 6.45) is 0.440. The summed E-state index contributed by atoms with van der Waals surface area (Å²) in [5.41, 5.74) is 1.90. The Morgan fingerprint density at radius 3 is 2.75 bits per heavy atom. The molecule has 104 valence electrons. The number of anilines is 2. The summed E-state index contributed by atoms with van der Waals surface area (Å²) in [5.74, 6) is -0.610. The van der Waals surface area contributed by atoms with Gasteiger partial charge < -0.3 is 10.2 Å². The minimum atomic E-state index is -0.579.